The van der Waals surface area contributed by atoms with Crippen molar-refractivity contribution < 1.29 is 32.3 Å². The molecule has 0 saturated carbocycles. The van der Waals surface area contributed by atoms with Crippen LogP contribution in [0.3, 0.4) is 0 Å². The van der Waals surface area contributed by atoms with E-state index in [1.54, 1.807) is 0 Å². The third-order valence-electron chi connectivity index (χ3n) is 4.62. The normalized spacial score (nSPS) is 19.4. The molecule has 28 heavy (non-hydrogen) atoms. The van der Waals surface area contributed by atoms with Crippen LogP contribution in [-0.2, 0) is 22.4 Å². The van der Waals surface area contributed by atoms with Crippen LogP contribution in [0.4, 0.5) is 23.2 Å². The number of anilines is 1. The lowest BCUT2D eigenvalue weighted by atomic mass is 9.87. The molecule has 1 saturated heterocycles. The van der Waals surface area contributed by atoms with Gasteiger partial charge >= 0.3 is 6.18 Å². The quantitative estimate of drug-likeness (QED) is 0.549. The lowest BCUT2D eigenvalue weighted by Crippen LogP contribution is -2.32. The third-order valence-corrected chi connectivity index (χ3v) is 4.62. The molecule has 0 bridgehead atoms. The summed E-state index contributed by atoms with van der Waals surface area (Å²) in [4.78, 5) is 24.8. The molecule has 0 spiro atoms. The van der Waals surface area contributed by atoms with E-state index in [9.17, 15) is 32.3 Å². The molecule has 2 atom stereocenters. The monoisotopic (exact) mass is 396 g/mol. The van der Waals surface area contributed by atoms with Gasteiger partial charge < -0.3 is 15.7 Å². The number of carbonyl (C=O) groups is 2. The van der Waals surface area contributed by atoms with E-state index in [1.165, 1.54) is 24.3 Å². The van der Waals surface area contributed by atoms with Gasteiger partial charge in [0.1, 0.15) is 11.7 Å². The van der Waals surface area contributed by atoms with Crippen LogP contribution in [0.1, 0.15) is 22.6 Å². The number of benzene rings is 2. The Labute approximate surface area is 157 Å². The van der Waals surface area contributed by atoms with Gasteiger partial charge in [-0.3, -0.25) is 9.59 Å². The highest BCUT2D eigenvalue weighted by atomic mass is 19.4. The number of alkyl halides is 3. The van der Waals surface area contributed by atoms with Crippen LogP contribution in [0.2, 0.25) is 0 Å². The number of halogens is 4. The Bertz CT molecular complexity index is 914. The van der Waals surface area contributed by atoms with Gasteiger partial charge in [-0.05, 0) is 17.7 Å². The van der Waals surface area contributed by atoms with Gasteiger partial charge in [-0.25, -0.2) is 4.39 Å². The van der Waals surface area contributed by atoms with Crippen molar-refractivity contribution in [1.29, 1.82) is 0 Å². The van der Waals surface area contributed by atoms with E-state index < -0.39 is 47.8 Å². The Morgan fingerprint density at radius 1 is 1.21 bits per heavy atom. The minimum atomic E-state index is -4.56. The molecule has 1 unspecified atom stereocenters. The Hall–Kier alpha value is -2.94. The zero-order valence-electron chi connectivity index (χ0n) is 14.4. The standard InChI is InChI=1S/C19H16F4N2O3/c20-14-6-2-4-11(9-26)16(14)25-18(28)15-13(8-24-17(15)27)10-3-1-5-12(7-10)19(21,22)23/h1-7,13,15,26H,8-9H2,(H,24,27)(H,25,28)/t13-,15?/m1/s1. The van der Waals surface area contributed by atoms with Crippen molar-refractivity contribution in [3.05, 3.63) is 65.0 Å². The molecule has 1 aliphatic heterocycles. The van der Waals surface area contributed by atoms with E-state index in [-0.39, 0.29) is 23.4 Å². The number of rotatable bonds is 4. The number of amides is 2. The predicted octanol–water partition coefficient (Wildman–Crippen LogP) is 2.81. The fourth-order valence-corrected chi connectivity index (χ4v) is 3.22. The zero-order valence-corrected chi connectivity index (χ0v) is 14.4. The van der Waals surface area contributed by atoms with E-state index >= 15 is 0 Å². The highest BCUT2D eigenvalue weighted by Gasteiger charge is 2.42. The molecule has 0 aliphatic carbocycles. The first kappa shape index (κ1) is 19.8. The molecule has 1 heterocycles. The lowest BCUT2D eigenvalue weighted by Gasteiger charge is -2.19. The molecule has 2 aromatic rings. The molecule has 0 aromatic heterocycles. The largest absolute Gasteiger partial charge is 0.416 e. The summed E-state index contributed by atoms with van der Waals surface area (Å²) in [6, 6.07) is 8.23. The molecule has 1 fully saturated rings. The third kappa shape index (κ3) is 3.84. The summed E-state index contributed by atoms with van der Waals surface area (Å²) in [6.45, 7) is -0.566. The van der Waals surface area contributed by atoms with E-state index in [0.29, 0.717) is 0 Å². The number of hydrogen-bond acceptors (Lipinski definition) is 3. The smallest absolute Gasteiger partial charge is 0.392 e. The summed E-state index contributed by atoms with van der Waals surface area (Å²) in [5.74, 6) is -4.51. The zero-order chi connectivity index (χ0) is 20.5. The minimum absolute atomic E-state index is 0.0254. The average molecular weight is 396 g/mol. The summed E-state index contributed by atoms with van der Waals surface area (Å²) in [5, 5.41) is 14.1. The second kappa shape index (κ2) is 7.59. The Balaban J connectivity index is 1.90. The van der Waals surface area contributed by atoms with Crippen molar-refractivity contribution in [2.24, 2.45) is 5.92 Å². The first-order valence-electron chi connectivity index (χ1n) is 8.36. The van der Waals surface area contributed by atoms with Gasteiger partial charge in [-0.1, -0.05) is 30.3 Å². The summed E-state index contributed by atoms with van der Waals surface area (Å²) in [7, 11) is 0. The van der Waals surface area contributed by atoms with Crippen LogP contribution in [-0.4, -0.2) is 23.5 Å². The van der Waals surface area contributed by atoms with E-state index in [4.69, 9.17) is 0 Å². The van der Waals surface area contributed by atoms with E-state index in [1.807, 2.05) is 0 Å². The SMILES string of the molecule is O=C1NC[C@H](c2cccc(C(F)(F)F)c2)C1C(=O)Nc1c(F)cccc1CO. The first-order chi connectivity index (χ1) is 13.2. The highest BCUT2D eigenvalue weighted by Crippen LogP contribution is 2.35. The molecule has 0 radical (unpaired) electrons. The van der Waals surface area contributed by atoms with Crippen molar-refractivity contribution >= 4 is 17.5 Å². The molecule has 9 heteroatoms. The van der Waals surface area contributed by atoms with E-state index in [0.717, 1.165) is 18.2 Å². The maximum atomic E-state index is 14.0. The second-order valence-electron chi connectivity index (χ2n) is 6.37. The summed E-state index contributed by atoms with van der Waals surface area (Å²) < 4.78 is 53.0. The van der Waals surface area contributed by atoms with Crippen molar-refractivity contribution in [1.82, 2.24) is 5.32 Å². The van der Waals surface area contributed by atoms with Crippen LogP contribution in [0.25, 0.3) is 0 Å². The van der Waals surface area contributed by atoms with E-state index in [2.05, 4.69) is 10.6 Å². The van der Waals surface area contributed by atoms with Crippen molar-refractivity contribution in [2.45, 2.75) is 18.7 Å². The molecule has 2 amide bonds. The average Bonchev–Trinajstić information content (AvgIpc) is 3.04. The van der Waals surface area contributed by atoms with Crippen LogP contribution >= 0.6 is 0 Å². The number of aliphatic hydroxyl groups excluding tert-OH is 1. The molecular weight excluding hydrogens is 380 g/mol. The fraction of sp³-hybridized carbons (Fsp3) is 0.263. The Morgan fingerprint density at radius 2 is 1.93 bits per heavy atom. The molecule has 3 N–H and O–H groups in total. The summed E-state index contributed by atoms with van der Waals surface area (Å²) >= 11 is 0. The van der Waals surface area contributed by atoms with Gasteiger partial charge in [0.25, 0.3) is 0 Å². The van der Waals surface area contributed by atoms with Crippen molar-refractivity contribution in [3.63, 3.8) is 0 Å². The van der Waals surface area contributed by atoms with Gasteiger partial charge in [0.2, 0.25) is 11.8 Å². The maximum absolute atomic E-state index is 14.0. The predicted molar refractivity (Wildman–Crippen MR) is 91.6 cm³/mol. The van der Waals surface area contributed by atoms with Crippen LogP contribution in [0.5, 0.6) is 0 Å². The van der Waals surface area contributed by atoms with Gasteiger partial charge in [0, 0.05) is 18.0 Å². The fourth-order valence-electron chi connectivity index (χ4n) is 3.22. The number of hydrogen-bond donors (Lipinski definition) is 3. The van der Waals surface area contributed by atoms with Gasteiger partial charge in [0.05, 0.1) is 17.9 Å². The topological polar surface area (TPSA) is 78.4 Å². The Kier molecular flexibility index (Phi) is 5.37. The summed E-state index contributed by atoms with van der Waals surface area (Å²) in [5.41, 5.74) is -0.871. The maximum Gasteiger partial charge on any atom is 0.416 e. The minimum Gasteiger partial charge on any atom is -0.392 e. The number of carbonyl (C=O) groups excluding carboxylic acids is 2. The molecule has 3 rings (SSSR count). The highest BCUT2D eigenvalue weighted by molar-refractivity contribution is 6.08. The molecule has 2 aromatic carbocycles. The molecule has 5 nitrogen and oxygen atoms in total. The lowest BCUT2D eigenvalue weighted by molar-refractivity contribution is -0.137. The molecule has 148 valence electrons. The molecular formula is C19H16F4N2O3. The number of nitrogens with one attached hydrogen (secondary N) is 2. The van der Waals surface area contributed by atoms with Gasteiger partial charge in [-0.15, -0.1) is 0 Å². The van der Waals surface area contributed by atoms with Gasteiger partial charge in [0.15, 0.2) is 0 Å². The van der Waals surface area contributed by atoms with Gasteiger partial charge in [-0.2, -0.15) is 13.2 Å². The number of aliphatic hydroxyl groups is 1. The van der Waals surface area contributed by atoms with Crippen LogP contribution in [0, 0.1) is 11.7 Å². The van der Waals surface area contributed by atoms with Crippen LogP contribution < -0.4 is 10.6 Å². The number of para-hydroxylation sites is 1. The Morgan fingerprint density at radius 3 is 2.61 bits per heavy atom. The van der Waals surface area contributed by atoms with Crippen molar-refractivity contribution in [2.75, 3.05) is 11.9 Å². The van der Waals surface area contributed by atoms with Crippen LogP contribution in [0.15, 0.2) is 42.5 Å². The summed E-state index contributed by atoms with van der Waals surface area (Å²) in [6.07, 6.45) is -4.56. The first-order valence-corrected chi connectivity index (χ1v) is 8.36. The second-order valence-corrected chi connectivity index (χ2v) is 6.37. The molecule has 1 aliphatic rings. The van der Waals surface area contributed by atoms with Crippen molar-refractivity contribution in [3.8, 4) is 0 Å².